The molecule has 3 rings (SSSR count). The van der Waals surface area contributed by atoms with Crippen molar-refractivity contribution in [1.29, 1.82) is 0 Å². The fourth-order valence-corrected chi connectivity index (χ4v) is 3.78. The van der Waals surface area contributed by atoms with Gasteiger partial charge in [0.25, 0.3) is 0 Å². The number of amides is 2. The van der Waals surface area contributed by atoms with E-state index in [1.54, 1.807) is 31.4 Å². The Hall–Kier alpha value is -2.12. The number of hydrogen-bond donors (Lipinski definition) is 2. The topological polar surface area (TPSA) is 79.9 Å². The fraction of sp³-hybridized carbons (Fsp3) is 0.600. The normalized spacial score (nSPS) is 19.4. The summed E-state index contributed by atoms with van der Waals surface area (Å²) in [6.07, 6.45) is 4.34. The standard InChI is InChI=1S/C20H29N3O4/c1-26-18-4-2-3-16(13-18)22-20(25)19(24)21-14-15-5-9-23(10-6-15)17-7-11-27-12-8-17/h2-4,13,15,17H,5-12,14H2,1H3,(H,21,24)(H,22,25). The lowest BCUT2D eigenvalue weighted by Gasteiger charge is -2.39. The van der Waals surface area contributed by atoms with Crippen LogP contribution in [0.2, 0.25) is 0 Å². The van der Waals surface area contributed by atoms with Crippen molar-refractivity contribution >= 4 is 17.5 Å². The van der Waals surface area contributed by atoms with Crippen LogP contribution in [0.25, 0.3) is 0 Å². The molecule has 7 heteroatoms. The zero-order valence-corrected chi connectivity index (χ0v) is 15.9. The number of rotatable bonds is 5. The Labute approximate surface area is 160 Å². The fourth-order valence-electron chi connectivity index (χ4n) is 3.78. The largest absolute Gasteiger partial charge is 0.497 e. The average Bonchev–Trinajstić information content (AvgIpc) is 2.73. The zero-order chi connectivity index (χ0) is 19.1. The molecule has 7 nitrogen and oxygen atoms in total. The predicted octanol–water partition coefficient (Wildman–Crippen LogP) is 1.64. The van der Waals surface area contributed by atoms with E-state index in [0.29, 0.717) is 29.9 Å². The zero-order valence-electron chi connectivity index (χ0n) is 15.9. The molecule has 0 aliphatic carbocycles. The molecule has 0 atom stereocenters. The molecule has 2 N–H and O–H groups in total. The number of nitrogens with zero attached hydrogens (tertiary/aromatic N) is 1. The molecular formula is C20H29N3O4. The maximum Gasteiger partial charge on any atom is 0.313 e. The molecule has 0 saturated carbocycles. The third kappa shape index (κ3) is 5.68. The second-order valence-electron chi connectivity index (χ2n) is 7.22. The highest BCUT2D eigenvalue weighted by atomic mass is 16.5. The van der Waals surface area contributed by atoms with Crippen molar-refractivity contribution in [3.63, 3.8) is 0 Å². The van der Waals surface area contributed by atoms with Crippen LogP contribution < -0.4 is 15.4 Å². The van der Waals surface area contributed by atoms with E-state index in [2.05, 4.69) is 15.5 Å². The number of hydrogen-bond acceptors (Lipinski definition) is 5. The molecule has 2 aliphatic rings. The lowest BCUT2D eigenvalue weighted by atomic mass is 9.94. The van der Waals surface area contributed by atoms with E-state index in [1.165, 1.54) is 0 Å². The Bertz CT molecular complexity index is 638. The van der Waals surface area contributed by atoms with Gasteiger partial charge in [-0.1, -0.05) is 6.07 Å². The number of benzene rings is 1. The van der Waals surface area contributed by atoms with Crippen LogP contribution in [0.15, 0.2) is 24.3 Å². The molecule has 2 amide bonds. The van der Waals surface area contributed by atoms with Crippen molar-refractivity contribution in [2.45, 2.75) is 31.7 Å². The highest BCUT2D eigenvalue weighted by Crippen LogP contribution is 2.23. The summed E-state index contributed by atoms with van der Waals surface area (Å²) in [5.41, 5.74) is 0.541. The maximum atomic E-state index is 12.1. The number of anilines is 1. The van der Waals surface area contributed by atoms with Gasteiger partial charge in [-0.2, -0.15) is 0 Å². The number of likely N-dealkylation sites (tertiary alicyclic amines) is 1. The van der Waals surface area contributed by atoms with Crippen LogP contribution in [-0.4, -0.2) is 62.7 Å². The van der Waals surface area contributed by atoms with Crippen molar-refractivity contribution in [3.8, 4) is 5.75 Å². The number of methoxy groups -OCH3 is 1. The molecule has 0 unspecified atom stereocenters. The molecule has 0 bridgehead atoms. The number of carbonyl (C=O) groups is 2. The van der Waals surface area contributed by atoms with E-state index in [9.17, 15) is 9.59 Å². The first-order valence-corrected chi connectivity index (χ1v) is 9.70. The van der Waals surface area contributed by atoms with Gasteiger partial charge in [0.15, 0.2) is 0 Å². The van der Waals surface area contributed by atoms with Gasteiger partial charge >= 0.3 is 11.8 Å². The quantitative estimate of drug-likeness (QED) is 0.765. The minimum Gasteiger partial charge on any atom is -0.497 e. The van der Waals surface area contributed by atoms with Crippen molar-refractivity contribution in [3.05, 3.63) is 24.3 Å². The van der Waals surface area contributed by atoms with Gasteiger partial charge in [-0.25, -0.2) is 0 Å². The number of piperidine rings is 1. The van der Waals surface area contributed by atoms with E-state index in [4.69, 9.17) is 9.47 Å². The Kier molecular flexibility index (Phi) is 7.06. The van der Waals surface area contributed by atoms with Crippen molar-refractivity contribution in [2.24, 2.45) is 5.92 Å². The molecular weight excluding hydrogens is 346 g/mol. The van der Waals surface area contributed by atoms with Gasteiger partial charge in [0.1, 0.15) is 5.75 Å². The van der Waals surface area contributed by atoms with E-state index >= 15 is 0 Å². The molecule has 148 valence electrons. The molecule has 0 radical (unpaired) electrons. The highest BCUT2D eigenvalue weighted by Gasteiger charge is 2.27. The van der Waals surface area contributed by atoms with Crippen molar-refractivity contribution < 1.29 is 19.1 Å². The van der Waals surface area contributed by atoms with Gasteiger partial charge in [0, 0.05) is 37.6 Å². The predicted molar refractivity (Wildman–Crippen MR) is 103 cm³/mol. The third-order valence-electron chi connectivity index (χ3n) is 5.44. The summed E-state index contributed by atoms with van der Waals surface area (Å²) in [5.74, 6) is -0.188. The summed E-state index contributed by atoms with van der Waals surface area (Å²) in [6.45, 7) is 4.39. The first-order chi connectivity index (χ1) is 13.2. The molecule has 2 heterocycles. The Balaban J connectivity index is 1.38. The highest BCUT2D eigenvalue weighted by molar-refractivity contribution is 6.39. The summed E-state index contributed by atoms with van der Waals surface area (Å²) in [4.78, 5) is 26.7. The van der Waals surface area contributed by atoms with Gasteiger partial charge < -0.3 is 25.0 Å². The van der Waals surface area contributed by atoms with Crippen molar-refractivity contribution in [2.75, 3.05) is 45.3 Å². The van der Waals surface area contributed by atoms with E-state index in [1.807, 2.05) is 0 Å². The summed E-state index contributed by atoms with van der Waals surface area (Å²) in [6, 6.07) is 7.58. The summed E-state index contributed by atoms with van der Waals surface area (Å²) in [5, 5.41) is 5.38. The third-order valence-corrected chi connectivity index (χ3v) is 5.44. The average molecular weight is 375 g/mol. The van der Waals surface area contributed by atoms with Gasteiger partial charge in [0.2, 0.25) is 0 Å². The molecule has 2 aliphatic heterocycles. The van der Waals surface area contributed by atoms with Crippen molar-refractivity contribution in [1.82, 2.24) is 10.2 Å². The number of nitrogens with one attached hydrogen (secondary N) is 2. The van der Waals surface area contributed by atoms with E-state index < -0.39 is 11.8 Å². The van der Waals surface area contributed by atoms with Gasteiger partial charge in [-0.3, -0.25) is 9.59 Å². The molecule has 1 aromatic rings. The second kappa shape index (κ2) is 9.71. The molecule has 27 heavy (non-hydrogen) atoms. The monoisotopic (exact) mass is 375 g/mol. The molecule has 1 aromatic carbocycles. The number of carbonyl (C=O) groups excluding carboxylic acids is 2. The van der Waals surface area contributed by atoms with Crippen LogP contribution in [0.5, 0.6) is 5.75 Å². The van der Waals surface area contributed by atoms with Crippen LogP contribution in [0.3, 0.4) is 0 Å². The molecule has 0 spiro atoms. The minimum absolute atomic E-state index is 0.426. The number of ether oxygens (including phenoxy) is 2. The maximum absolute atomic E-state index is 12.1. The minimum atomic E-state index is -0.650. The summed E-state index contributed by atoms with van der Waals surface area (Å²) in [7, 11) is 1.56. The Morgan fingerprint density at radius 1 is 1.15 bits per heavy atom. The van der Waals surface area contributed by atoms with Crippen LogP contribution in [0.1, 0.15) is 25.7 Å². The molecule has 0 aromatic heterocycles. The van der Waals surface area contributed by atoms with Crippen LogP contribution in [-0.2, 0) is 14.3 Å². The first-order valence-electron chi connectivity index (χ1n) is 9.70. The SMILES string of the molecule is COc1cccc(NC(=O)C(=O)NCC2CCN(C3CCOCC3)CC2)c1. The van der Waals surface area contributed by atoms with Crippen LogP contribution >= 0.6 is 0 Å². The Morgan fingerprint density at radius 2 is 1.89 bits per heavy atom. The van der Waals surface area contributed by atoms with Crippen LogP contribution in [0, 0.1) is 5.92 Å². The molecule has 2 saturated heterocycles. The summed E-state index contributed by atoms with van der Waals surface area (Å²) < 4.78 is 10.5. The van der Waals surface area contributed by atoms with E-state index in [-0.39, 0.29) is 0 Å². The van der Waals surface area contributed by atoms with Gasteiger partial charge in [-0.15, -0.1) is 0 Å². The first kappa shape index (κ1) is 19.6. The van der Waals surface area contributed by atoms with Gasteiger partial charge in [0.05, 0.1) is 7.11 Å². The van der Waals surface area contributed by atoms with Crippen LogP contribution in [0.4, 0.5) is 5.69 Å². The Morgan fingerprint density at radius 3 is 2.59 bits per heavy atom. The lowest BCUT2D eigenvalue weighted by molar-refractivity contribution is -0.136. The smallest absolute Gasteiger partial charge is 0.313 e. The van der Waals surface area contributed by atoms with Gasteiger partial charge in [-0.05, 0) is 56.8 Å². The molecule has 2 fully saturated rings. The van der Waals surface area contributed by atoms with E-state index in [0.717, 1.165) is 52.0 Å². The summed E-state index contributed by atoms with van der Waals surface area (Å²) >= 11 is 0. The lowest BCUT2D eigenvalue weighted by Crippen LogP contribution is -2.46. The second-order valence-corrected chi connectivity index (χ2v) is 7.22.